The highest BCUT2D eigenvalue weighted by atomic mass is 16.5. The Hall–Kier alpha value is -1.44. The number of anilines is 1. The second-order valence-electron chi connectivity index (χ2n) is 3.47. The van der Waals surface area contributed by atoms with Gasteiger partial charge in [0, 0.05) is 17.7 Å². The van der Waals surface area contributed by atoms with Gasteiger partial charge in [-0.05, 0) is 12.1 Å². The third-order valence-corrected chi connectivity index (χ3v) is 2.61. The summed E-state index contributed by atoms with van der Waals surface area (Å²) < 4.78 is 5.51. The Bertz CT molecular complexity index is 370. The smallest absolute Gasteiger partial charge is 0.119 e. The van der Waals surface area contributed by atoms with Gasteiger partial charge in [-0.25, -0.2) is 0 Å². The van der Waals surface area contributed by atoms with E-state index in [9.17, 15) is 0 Å². The van der Waals surface area contributed by atoms with Gasteiger partial charge in [0.2, 0.25) is 0 Å². The quantitative estimate of drug-likeness (QED) is 0.649. The molecule has 1 N–H and O–H groups in total. The number of fused-ring (bicyclic) bond motifs is 2. The van der Waals surface area contributed by atoms with E-state index in [-0.39, 0.29) is 0 Å². The van der Waals surface area contributed by atoms with Crippen LogP contribution in [0.3, 0.4) is 0 Å². The van der Waals surface area contributed by atoms with Crippen molar-refractivity contribution < 1.29 is 4.74 Å². The molecule has 2 aliphatic heterocycles. The monoisotopic (exact) mass is 173 g/mol. The highest BCUT2D eigenvalue weighted by Gasteiger charge is 2.26. The van der Waals surface area contributed by atoms with Crippen LogP contribution in [0, 0.1) is 0 Å². The van der Waals surface area contributed by atoms with Crippen LogP contribution in [0.25, 0.3) is 6.08 Å². The van der Waals surface area contributed by atoms with Crippen molar-refractivity contribution in [1.29, 1.82) is 0 Å². The van der Waals surface area contributed by atoms with Crippen molar-refractivity contribution in [3.8, 4) is 0 Å². The minimum atomic E-state index is 0.412. The Labute approximate surface area is 77.2 Å². The number of para-hydroxylation sites is 1. The number of ether oxygens (including phenoxy) is 1. The average Bonchev–Trinajstić information content (AvgIpc) is 2.61. The first-order chi connectivity index (χ1) is 6.43. The van der Waals surface area contributed by atoms with Crippen LogP contribution in [-0.2, 0) is 4.74 Å². The molecule has 0 saturated carbocycles. The lowest BCUT2D eigenvalue weighted by Gasteiger charge is -2.20. The van der Waals surface area contributed by atoms with Gasteiger partial charge in [-0.3, -0.25) is 0 Å². The molecule has 13 heavy (non-hydrogen) atoms. The minimum absolute atomic E-state index is 0.412. The van der Waals surface area contributed by atoms with E-state index in [0.717, 1.165) is 18.8 Å². The van der Waals surface area contributed by atoms with E-state index in [1.807, 2.05) is 6.07 Å². The topological polar surface area (TPSA) is 21.3 Å². The summed E-state index contributed by atoms with van der Waals surface area (Å²) in [5.74, 6) is 1.10. The second kappa shape index (κ2) is 2.52. The largest absolute Gasteiger partial charge is 0.496 e. The third-order valence-electron chi connectivity index (χ3n) is 2.61. The maximum Gasteiger partial charge on any atom is 0.119 e. The minimum Gasteiger partial charge on any atom is -0.496 e. The zero-order valence-electron chi connectivity index (χ0n) is 7.29. The molecule has 1 unspecified atom stereocenters. The maximum absolute atomic E-state index is 5.51. The molecule has 2 heterocycles. The first-order valence-corrected chi connectivity index (χ1v) is 4.63. The van der Waals surface area contributed by atoms with Gasteiger partial charge in [-0.2, -0.15) is 0 Å². The van der Waals surface area contributed by atoms with Gasteiger partial charge in [-0.15, -0.1) is 0 Å². The van der Waals surface area contributed by atoms with Gasteiger partial charge in [-0.1, -0.05) is 18.2 Å². The van der Waals surface area contributed by atoms with Crippen LogP contribution < -0.4 is 5.32 Å². The summed E-state index contributed by atoms with van der Waals surface area (Å²) in [7, 11) is 0. The Morgan fingerprint density at radius 3 is 3.23 bits per heavy atom. The van der Waals surface area contributed by atoms with Gasteiger partial charge in [0.05, 0.1) is 12.6 Å². The van der Waals surface area contributed by atoms with Crippen molar-refractivity contribution >= 4 is 11.8 Å². The van der Waals surface area contributed by atoms with Gasteiger partial charge >= 0.3 is 0 Å². The SMILES string of the molecule is C1=C2OCCC2Nc2ccccc21. The average molecular weight is 173 g/mol. The summed E-state index contributed by atoms with van der Waals surface area (Å²) in [5.41, 5.74) is 2.46. The Balaban J connectivity index is 2.10. The predicted octanol–water partition coefficient (Wildman–Crippen LogP) is 2.24. The summed E-state index contributed by atoms with van der Waals surface area (Å²) in [6.45, 7) is 0.845. The van der Waals surface area contributed by atoms with Gasteiger partial charge < -0.3 is 10.1 Å². The first-order valence-electron chi connectivity index (χ1n) is 4.63. The highest BCUT2D eigenvalue weighted by Crippen LogP contribution is 2.31. The summed E-state index contributed by atoms with van der Waals surface area (Å²) in [4.78, 5) is 0. The molecule has 1 fully saturated rings. The van der Waals surface area contributed by atoms with Crippen LogP contribution in [0.1, 0.15) is 12.0 Å². The van der Waals surface area contributed by atoms with Crippen LogP contribution in [0.15, 0.2) is 30.0 Å². The molecule has 1 aromatic carbocycles. The second-order valence-corrected chi connectivity index (χ2v) is 3.47. The van der Waals surface area contributed by atoms with E-state index >= 15 is 0 Å². The molecule has 1 aromatic rings. The van der Waals surface area contributed by atoms with E-state index in [2.05, 4.69) is 29.6 Å². The van der Waals surface area contributed by atoms with Crippen molar-refractivity contribution in [2.24, 2.45) is 0 Å². The lowest BCUT2D eigenvalue weighted by molar-refractivity contribution is 0.265. The number of hydrogen-bond acceptors (Lipinski definition) is 2. The molecule has 0 radical (unpaired) electrons. The van der Waals surface area contributed by atoms with E-state index in [0.29, 0.717) is 6.04 Å². The molecule has 3 rings (SSSR count). The normalized spacial score (nSPS) is 23.7. The van der Waals surface area contributed by atoms with Crippen molar-refractivity contribution in [1.82, 2.24) is 0 Å². The van der Waals surface area contributed by atoms with Gasteiger partial charge in [0.15, 0.2) is 0 Å². The molecule has 1 atom stereocenters. The number of nitrogens with one attached hydrogen (secondary N) is 1. The molecular formula is C11H11NO. The van der Waals surface area contributed by atoms with Crippen LogP contribution in [0.2, 0.25) is 0 Å². The Kier molecular flexibility index (Phi) is 1.36. The van der Waals surface area contributed by atoms with Gasteiger partial charge in [0.1, 0.15) is 5.76 Å². The van der Waals surface area contributed by atoms with E-state index in [4.69, 9.17) is 4.74 Å². The Morgan fingerprint density at radius 1 is 1.31 bits per heavy atom. The van der Waals surface area contributed by atoms with Crippen LogP contribution in [0.5, 0.6) is 0 Å². The molecular weight excluding hydrogens is 162 g/mol. The highest BCUT2D eigenvalue weighted by molar-refractivity contribution is 5.72. The van der Waals surface area contributed by atoms with E-state index < -0.39 is 0 Å². The van der Waals surface area contributed by atoms with Crippen LogP contribution in [0.4, 0.5) is 5.69 Å². The van der Waals surface area contributed by atoms with Crippen molar-refractivity contribution in [2.45, 2.75) is 12.5 Å². The Morgan fingerprint density at radius 2 is 2.23 bits per heavy atom. The summed E-state index contributed by atoms with van der Waals surface area (Å²) in [6, 6.07) is 8.73. The molecule has 0 bridgehead atoms. The molecule has 0 aliphatic carbocycles. The number of hydrogen-bond donors (Lipinski definition) is 1. The fraction of sp³-hybridized carbons (Fsp3) is 0.273. The fourth-order valence-corrected chi connectivity index (χ4v) is 1.92. The summed E-state index contributed by atoms with van der Waals surface area (Å²) >= 11 is 0. The van der Waals surface area contributed by atoms with Crippen molar-refractivity contribution in [3.05, 3.63) is 35.6 Å². The standard InChI is InChI=1S/C11H11NO/c1-2-4-9-8(3-1)7-11-10(12-9)5-6-13-11/h1-4,7,10,12H,5-6H2. The first kappa shape index (κ1) is 7.01. The third kappa shape index (κ3) is 1.02. The lowest BCUT2D eigenvalue weighted by atomic mass is 10.0. The van der Waals surface area contributed by atoms with E-state index in [1.165, 1.54) is 11.3 Å². The zero-order valence-corrected chi connectivity index (χ0v) is 7.29. The fourth-order valence-electron chi connectivity index (χ4n) is 1.92. The lowest BCUT2D eigenvalue weighted by Crippen LogP contribution is -2.20. The zero-order chi connectivity index (χ0) is 8.67. The molecule has 0 aromatic heterocycles. The maximum atomic E-state index is 5.51. The number of benzene rings is 1. The molecule has 0 spiro atoms. The molecule has 2 nitrogen and oxygen atoms in total. The molecule has 2 aliphatic rings. The molecule has 66 valence electrons. The summed E-state index contributed by atoms with van der Waals surface area (Å²) in [5, 5.41) is 3.47. The molecule has 2 heteroatoms. The summed E-state index contributed by atoms with van der Waals surface area (Å²) in [6.07, 6.45) is 3.23. The predicted molar refractivity (Wildman–Crippen MR) is 52.4 cm³/mol. The van der Waals surface area contributed by atoms with E-state index in [1.54, 1.807) is 0 Å². The van der Waals surface area contributed by atoms with Crippen LogP contribution in [-0.4, -0.2) is 12.6 Å². The van der Waals surface area contributed by atoms with Crippen molar-refractivity contribution in [3.63, 3.8) is 0 Å². The van der Waals surface area contributed by atoms with Crippen molar-refractivity contribution in [2.75, 3.05) is 11.9 Å². The molecule has 0 amide bonds. The molecule has 1 saturated heterocycles. The number of rotatable bonds is 0. The van der Waals surface area contributed by atoms with Gasteiger partial charge in [0.25, 0.3) is 0 Å². The van der Waals surface area contributed by atoms with Crippen LogP contribution >= 0.6 is 0 Å².